The van der Waals surface area contributed by atoms with E-state index in [1.54, 1.807) is 16.8 Å². The average Bonchev–Trinajstić information content (AvgIpc) is 3.06. The van der Waals surface area contributed by atoms with Crippen molar-refractivity contribution in [3.05, 3.63) is 64.9 Å². The highest BCUT2D eigenvalue weighted by molar-refractivity contribution is 6.30. The van der Waals surface area contributed by atoms with Crippen LogP contribution in [-0.4, -0.2) is 27.2 Å². The predicted molar refractivity (Wildman–Crippen MR) is 99.2 cm³/mol. The topological polar surface area (TPSA) is 59.8 Å². The smallest absolute Gasteiger partial charge is 0.290 e. The molecule has 0 aliphatic rings. The van der Waals surface area contributed by atoms with Gasteiger partial charge in [0, 0.05) is 17.1 Å². The first kappa shape index (κ1) is 17.2. The van der Waals surface area contributed by atoms with E-state index in [0.29, 0.717) is 17.4 Å². The molecular weight excluding hydrogens is 336 g/mol. The quantitative estimate of drug-likeness (QED) is 0.752. The maximum atomic E-state index is 12.3. The lowest BCUT2D eigenvalue weighted by atomic mass is 10.2. The number of rotatable bonds is 5. The van der Waals surface area contributed by atoms with E-state index in [1.165, 1.54) is 0 Å². The lowest BCUT2D eigenvalue weighted by molar-refractivity contribution is 0.0943. The summed E-state index contributed by atoms with van der Waals surface area (Å²) in [5.74, 6) is 0.485. The Morgan fingerprint density at radius 1 is 1.16 bits per heavy atom. The molecule has 2 aromatic carbocycles. The van der Waals surface area contributed by atoms with Gasteiger partial charge >= 0.3 is 0 Å². The van der Waals surface area contributed by atoms with Gasteiger partial charge in [0.2, 0.25) is 5.82 Å². The van der Waals surface area contributed by atoms with Crippen molar-refractivity contribution in [1.82, 2.24) is 20.1 Å². The molecule has 0 unspecified atom stereocenters. The Bertz CT molecular complexity index is 887. The summed E-state index contributed by atoms with van der Waals surface area (Å²) in [7, 11) is 0. The zero-order valence-electron chi connectivity index (χ0n) is 14.2. The second-order valence-electron chi connectivity index (χ2n) is 5.72. The SMILES string of the molecule is CCCNC(=O)c1nc(-c2ccc(Cl)cc2)n(-c2ccccc2C)n1. The largest absolute Gasteiger partial charge is 0.349 e. The summed E-state index contributed by atoms with van der Waals surface area (Å²) < 4.78 is 1.71. The number of amides is 1. The van der Waals surface area contributed by atoms with Crippen LogP contribution in [0, 0.1) is 6.92 Å². The Morgan fingerprint density at radius 3 is 2.56 bits per heavy atom. The molecule has 0 saturated carbocycles. The summed E-state index contributed by atoms with van der Waals surface area (Å²) >= 11 is 5.99. The fourth-order valence-electron chi connectivity index (χ4n) is 2.48. The normalized spacial score (nSPS) is 10.7. The molecule has 5 nitrogen and oxygen atoms in total. The number of nitrogens with zero attached hydrogens (tertiary/aromatic N) is 3. The van der Waals surface area contributed by atoms with E-state index < -0.39 is 0 Å². The number of hydrogen-bond acceptors (Lipinski definition) is 3. The van der Waals surface area contributed by atoms with E-state index in [0.717, 1.165) is 23.2 Å². The van der Waals surface area contributed by atoms with Gasteiger partial charge in [-0.3, -0.25) is 4.79 Å². The standard InChI is InChI=1S/C19H19ClN4O/c1-3-12-21-19(25)17-22-18(14-8-10-15(20)11-9-14)24(23-17)16-7-5-4-6-13(16)2/h4-11H,3,12H2,1-2H3,(H,21,25). The molecule has 0 atom stereocenters. The van der Waals surface area contributed by atoms with Gasteiger partial charge in [0.25, 0.3) is 5.91 Å². The highest BCUT2D eigenvalue weighted by atomic mass is 35.5. The zero-order chi connectivity index (χ0) is 17.8. The third-order valence-electron chi connectivity index (χ3n) is 3.79. The second-order valence-corrected chi connectivity index (χ2v) is 6.16. The fourth-order valence-corrected chi connectivity index (χ4v) is 2.61. The van der Waals surface area contributed by atoms with Crippen LogP contribution in [0.2, 0.25) is 5.02 Å². The first-order chi connectivity index (χ1) is 12.1. The van der Waals surface area contributed by atoms with Crippen LogP contribution in [-0.2, 0) is 0 Å². The Kier molecular flexibility index (Phi) is 5.14. The van der Waals surface area contributed by atoms with Crippen LogP contribution in [0.5, 0.6) is 0 Å². The summed E-state index contributed by atoms with van der Waals surface area (Å²) in [6.45, 7) is 4.59. The van der Waals surface area contributed by atoms with Crippen LogP contribution in [0.4, 0.5) is 0 Å². The first-order valence-corrected chi connectivity index (χ1v) is 8.55. The maximum Gasteiger partial charge on any atom is 0.290 e. The molecule has 0 aliphatic heterocycles. The average molecular weight is 355 g/mol. The molecule has 1 amide bonds. The number of para-hydroxylation sites is 1. The Labute approximate surface area is 151 Å². The number of aryl methyl sites for hydroxylation is 1. The van der Waals surface area contributed by atoms with Crippen molar-refractivity contribution in [2.75, 3.05) is 6.54 Å². The lowest BCUT2D eigenvalue weighted by Gasteiger charge is -2.08. The number of benzene rings is 2. The zero-order valence-corrected chi connectivity index (χ0v) is 14.9. The molecule has 3 rings (SSSR count). The molecule has 1 heterocycles. The molecule has 0 saturated heterocycles. The molecule has 1 N–H and O–H groups in total. The third kappa shape index (κ3) is 3.72. The Hall–Kier alpha value is -2.66. The number of halogens is 1. The molecule has 1 aromatic heterocycles. The van der Waals surface area contributed by atoms with Crippen LogP contribution < -0.4 is 5.32 Å². The summed E-state index contributed by atoms with van der Waals surface area (Å²) in [5.41, 5.74) is 2.77. The number of carbonyl (C=O) groups is 1. The summed E-state index contributed by atoms with van der Waals surface area (Å²) in [4.78, 5) is 16.8. The van der Waals surface area contributed by atoms with Gasteiger partial charge in [-0.25, -0.2) is 9.67 Å². The van der Waals surface area contributed by atoms with Gasteiger partial charge < -0.3 is 5.32 Å². The van der Waals surface area contributed by atoms with Gasteiger partial charge in [0.1, 0.15) is 0 Å². The van der Waals surface area contributed by atoms with E-state index in [-0.39, 0.29) is 11.7 Å². The highest BCUT2D eigenvalue weighted by Gasteiger charge is 2.19. The van der Waals surface area contributed by atoms with Crippen LogP contribution >= 0.6 is 11.6 Å². The third-order valence-corrected chi connectivity index (χ3v) is 4.04. The summed E-state index contributed by atoms with van der Waals surface area (Å²) in [5, 5.41) is 7.92. The van der Waals surface area contributed by atoms with E-state index in [4.69, 9.17) is 11.6 Å². The first-order valence-electron chi connectivity index (χ1n) is 8.17. The van der Waals surface area contributed by atoms with E-state index in [1.807, 2.05) is 50.2 Å². The van der Waals surface area contributed by atoms with E-state index in [9.17, 15) is 4.79 Å². The minimum atomic E-state index is -0.274. The van der Waals surface area contributed by atoms with Crippen LogP contribution in [0.3, 0.4) is 0 Å². The van der Waals surface area contributed by atoms with Gasteiger partial charge in [0.15, 0.2) is 5.82 Å². The van der Waals surface area contributed by atoms with Crippen molar-refractivity contribution < 1.29 is 4.79 Å². The van der Waals surface area contributed by atoms with Crippen molar-refractivity contribution in [2.45, 2.75) is 20.3 Å². The van der Waals surface area contributed by atoms with Crippen molar-refractivity contribution in [2.24, 2.45) is 0 Å². The maximum absolute atomic E-state index is 12.3. The Balaban J connectivity index is 2.11. The van der Waals surface area contributed by atoms with Crippen molar-refractivity contribution in [1.29, 1.82) is 0 Å². The molecule has 0 aliphatic carbocycles. The van der Waals surface area contributed by atoms with Gasteiger partial charge in [-0.2, -0.15) is 0 Å². The van der Waals surface area contributed by atoms with E-state index in [2.05, 4.69) is 15.4 Å². The molecule has 6 heteroatoms. The van der Waals surface area contributed by atoms with Gasteiger partial charge in [-0.05, 0) is 49.2 Å². The Morgan fingerprint density at radius 2 is 1.88 bits per heavy atom. The number of carbonyl (C=O) groups excluding carboxylic acids is 1. The van der Waals surface area contributed by atoms with Gasteiger partial charge in [-0.1, -0.05) is 36.7 Å². The van der Waals surface area contributed by atoms with Gasteiger partial charge in [0.05, 0.1) is 5.69 Å². The van der Waals surface area contributed by atoms with Gasteiger partial charge in [-0.15, -0.1) is 5.10 Å². The minimum absolute atomic E-state index is 0.154. The molecule has 0 fully saturated rings. The van der Waals surface area contributed by atoms with E-state index >= 15 is 0 Å². The molecule has 0 spiro atoms. The molecule has 3 aromatic rings. The van der Waals surface area contributed by atoms with Crippen molar-refractivity contribution >= 4 is 17.5 Å². The fraction of sp³-hybridized carbons (Fsp3) is 0.211. The monoisotopic (exact) mass is 354 g/mol. The van der Waals surface area contributed by atoms with Crippen LogP contribution in [0.15, 0.2) is 48.5 Å². The number of aromatic nitrogens is 3. The van der Waals surface area contributed by atoms with Crippen LogP contribution in [0.1, 0.15) is 29.5 Å². The number of hydrogen-bond donors (Lipinski definition) is 1. The molecule has 25 heavy (non-hydrogen) atoms. The molecule has 0 radical (unpaired) electrons. The molecular formula is C19H19ClN4O. The van der Waals surface area contributed by atoms with Crippen molar-refractivity contribution in [3.63, 3.8) is 0 Å². The van der Waals surface area contributed by atoms with Crippen LogP contribution in [0.25, 0.3) is 17.1 Å². The number of nitrogens with one attached hydrogen (secondary N) is 1. The molecule has 128 valence electrons. The van der Waals surface area contributed by atoms with Crippen molar-refractivity contribution in [3.8, 4) is 17.1 Å². The predicted octanol–water partition coefficient (Wildman–Crippen LogP) is 4.04. The second kappa shape index (κ2) is 7.49. The summed E-state index contributed by atoms with van der Waals surface area (Å²) in [6, 6.07) is 15.2. The minimum Gasteiger partial charge on any atom is -0.349 e. The highest BCUT2D eigenvalue weighted by Crippen LogP contribution is 2.24. The summed E-state index contributed by atoms with van der Waals surface area (Å²) in [6.07, 6.45) is 0.855. The lowest BCUT2D eigenvalue weighted by Crippen LogP contribution is -2.25. The molecule has 0 bridgehead atoms.